The third-order valence-electron chi connectivity index (χ3n) is 2.03. The summed E-state index contributed by atoms with van der Waals surface area (Å²) in [6.45, 7) is 11.7. The Kier molecular flexibility index (Phi) is 6.35. The smallest absolute Gasteiger partial charge is 0.0488 e. The third-order valence-corrected chi connectivity index (χ3v) is 2.03. The molecule has 0 aliphatic carbocycles. The van der Waals surface area contributed by atoms with Gasteiger partial charge in [-0.1, -0.05) is 27.7 Å². The molecule has 0 bridgehead atoms. The Bertz CT molecular complexity index is 121. The molecule has 0 saturated carbocycles. The first-order chi connectivity index (χ1) is 5.98. The average Bonchev–Trinajstić information content (AvgIpc) is 1.98. The summed E-state index contributed by atoms with van der Waals surface area (Å²) >= 11 is 0. The molecule has 0 unspecified atom stereocenters. The number of ether oxygens (including phenoxy) is 1. The zero-order valence-electron chi connectivity index (χ0n) is 9.81. The number of hydrogen-bond donors (Lipinski definition) is 1. The maximum absolute atomic E-state index is 5.55. The summed E-state index contributed by atoms with van der Waals surface area (Å²) < 4.78 is 5.55. The molecule has 0 amide bonds. The Labute approximate surface area is 83.1 Å². The standard InChI is InChI=1S/C11H25NO/c1-10(2)8-13-7-6-11(3,4)9-12-5/h10,12H,6-9H2,1-5H3. The van der Waals surface area contributed by atoms with Crippen LogP contribution in [0.1, 0.15) is 34.1 Å². The lowest BCUT2D eigenvalue weighted by molar-refractivity contribution is 0.0848. The van der Waals surface area contributed by atoms with Crippen molar-refractivity contribution in [2.24, 2.45) is 11.3 Å². The Morgan fingerprint density at radius 3 is 2.38 bits per heavy atom. The van der Waals surface area contributed by atoms with E-state index in [1.807, 2.05) is 7.05 Å². The summed E-state index contributed by atoms with van der Waals surface area (Å²) in [4.78, 5) is 0. The van der Waals surface area contributed by atoms with Crippen LogP contribution in [0.4, 0.5) is 0 Å². The summed E-state index contributed by atoms with van der Waals surface area (Å²) in [6.07, 6.45) is 1.13. The molecule has 0 aromatic rings. The molecule has 0 aliphatic rings. The molecule has 0 heterocycles. The molecule has 2 nitrogen and oxygen atoms in total. The molecule has 0 radical (unpaired) electrons. The lowest BCUT2D eigenvalue weighted by Crippen LogP contribution is -2.28. The van der Waals surface area contributed by atoms with Crippen molar-refractivity contribution in [1.29, 1.82) is 0 Å². The van der Waals surface area contributed by atoms with E-state index in [1.54, 1.807) is 0 Å². The Morgan fingerprint density at radius 1 is 1.31 bits per heavy atom. The van der Waals surface area contributed by atoms with E-state index in [4.69, 9.17) is 4.74 Å². The third kappa shape index (κ3) is 8.26. The van der Waals surface area contributed by atoms with E-state index in [0.717, 1.165) is 26.2 Å². The van der Waals surface area contributed by atoms with E-state index in [-0.39, 0.29) is 0 Å². The fourth-order valence-corrected chi connectivity index (χ4v) is 1.23. The molecule has 0 aromatic heterocycles. The molecule has 0 rings (SSSR count). The highest BCUT2D eigenvalue weighted by molar-refractivity contribution is 4.69. The van der Waals surface area contributed by atoms with Gasteiger partial charge in [-0.25, -0.2) is 0 Å². The van der Waals surface area contributed by atoms with Gasteiger partial charge in [-0.3, -0.25) is 0 Å². The van der Waals surface area contributed by atoms with Crippen LogP contribution in [-0.2, 0) is 4.74 Å². The van der Waals surface area contributed by atoms with Crippen molar-refractivity contribution in [3.63, 3.8) is 0 Å². The van der Waals surface area contributed by atoms with Gasteiger partial charge in [-0.2, -0.15) is 0 Å². The van der Waals surface area contributed by atoms with Crippen molar-refractivity contribution in [2.45, 2.75) is 34.1 Å². The summed E-state index contributed by atoms with van der Waals surface area (Å²) in [6, 6.07) is 0. The number of rotatable bonds is 7. The van der Waals surface area contributed by atoms with E-state index in [9.17, 15) is 0 Å². The number of hydrogen-bond acceptors (Lipinski definition) is 2. The van der Waals surface area contributed by atoms with Gasteiger partial charge in [-0.05, 0) is 24.8 Å². The molecule has 0 aliphatic heterocycles. The molecular weight excluding hydrogens is 162 g/mol. The summed E-state index contributed by atoms with van der Waals surface area (Å²) in [5.41, 5.74) is 0.353. The summed E-state index contributed by atoms with van der Waals surface area (Å²) in [7, 11) is 2.00. The zero-order valence-corrected chi connectivity index (χ0v) is 9.81. The minimum atomic E-state index is 0.353. The largest absolute Gasteiger partial charge is 0.381 e. The van der Waals surface area contributed by atoms with Crippen molar-refractivity contribution < 1.29 is 4.74 Å². The molecule has 0 spiro atoms. The lowest BCUT2D eigenvalue weighted by Gasteiger charge is -2.24. The van der Waals surface area contributed by atoms with E-state index in [1.165, 1.54) is 0 Å². The Hall–Kier alpha value is -0.0800. The van der Waals surface area contributed by atoms with Crippen LogP contribution < -0.4 is 5.32 Å². The van der Waals surface area contributed by atoms with Gasteiger partial charge in [0.25, 0.3) is 0 Å². The van der Waals surface area contributed by atoms with Crippen LogP contribution in [-0.4, -0.2) is 26.8 Å². The quantitative estimate of drug-likeness (QED) is 0.617. The van der Waals surface area contributed by atoms with Gasteiger partial charge in [-0.15, -0.1) is 0 Å². The van der Waals surface area contributed by atoms with Crippen LogP contribution in [0.3, 0.4) is 0 Å². The van der Waals surface area contributed by atoms with Crippen LogP contribution in [0.2, 0.25) is 0 Å². The maximum atomic E-state index is 5.55. The highest BCUT2D eigenvalue weighted by Gasteiger charge is 2.15. The van der Waals surface area contributed by atoms with Crippen LogP contribution in [0.25, 0.3) is 0 Å². The topological polar surface area (TPSA) is 21.3 Å². The molecular formula is C11H25NO. The second-order valence-corrected chi connectivity index (χ2v) is 4.91. The molecule has 13 heavy (non-hydrogen) atoms. The van der Waals surface area contributed by atoms with Gasteiger partial charge in [0.2, 0.25) is 0 Å². The monoisotopic (exact) mass is 187 g/mol. The molecule has 80 valence electrons. The molecule has 0 atom stereocenters. The van der Waals surface area contributed by atoms with Gasteiger partial charge < -0.3 is 10.1 Å². The van der Waals surface area contributed by atoms with Gasteiger partial charge in [0.05, 0.1) is 0 Å². The fourth-order valence-electron chi connectivity index (χ4n) is 1.23. The van der Waals surface area contributed by atoms with Crippen LogP contribution >= 0.6 is 0 Å². The SMILES string of the molecule is CNCC(C)(C)CCOCC(C)C. The van der Waals surface area contributed by atoms with Crippen molar-refractivity contribution in [2.75, 3.05) is 26.8 Å². The van der Waals surface area contributed by atoms with Crippen molar-refractivity contribution in [3.8, 4) is 0 Å². The summed E-state index contributed by atoms with van der Waals surface area (Å²) in [5, 5.41) is 3.20. The fraction of sp³-hybridized carbons (Fsp3) is 1.00. The van der Waals surface area contributed by atoms with Crippen LogP contribution in [0.5, 0.6) is 0 Å². The molecule has 1 N–H and O–H groups in total. The van der Waals surface area contributed by atoms with Crippen LogP contribution in [0, 0.1) is 11.3 Å². The Morgan fingerprint density at radius 2 is 1.92 bits per heavy atom. The van der Waals surface area contributed by atoms with E-state index < -0.39 is 0 Å². The van der Waals surface area contributed by atoms with Gasteiger partial charge in [0.1, 0.15) is 0 Å². The normalized spacial score (nSPS) is 12.5. The highest BCUT2D eigenvalue weighted by Crippen LogP contribution is 2.18. The molecule has 0 fully saturated rings. The molecule has 0 aromatic carbocycles. The Balaban J connectivity index is 3.40. The van der Waals surface area contributed by atoms with Crippen molar-refractivity contribution in [1.82, 2.24) is 5.32 Å². The number of nitrogens with one attached hydrogen (secondary N) is 1. The minimum absolute atomic E-state index is 0.353. The van der Waals surface area contributed by atoms with Crippen molar-refractivity contribution in [3.05, 3.63) is 0 Å². The molecule has 2 heteroatoms. The van der Waals surface area contributed by atoms with E-state index >= 15 is 0 Å². The second-order valence-electron chi connectivity index (χ2n) is 4.91. The maximum Gasteiger partial charge on any atom is 0.0488 e. The highest BCUT2D eigenvalue weighted by atomic mass is 16.5. The van der Waals surface area contributed by atoms with E-state index in [0.29, 0.717) is 11.3 Å². The zero-order chi connectivity index (χ0) is 10.3. The summed E-state index contributed by atoms with van der Waals surface area (Å²) in [5.74, 6) is 0.646. The van der Waals surface area contributed by atoms with Gasteiger partial charge >= 0.3 is 0 Å². The molecule has 0 saturated heterocycles. The van der Waals surface area contributed by atoms with Gasteiger partial charge in [0.15, 0.2) is 0 Å². The predicted molar refractivity (Wildman–Crippen MR) is 58.0 cm³/mol. The first kappa shape index (κ1) is 12.9. The average molecular weight is 187 g/mol. The second kappa shape index (κ2) is 6.39. The first-order valence-corrected chi connectivity index (χ1v) is 5.20. The minimum Gasteiger partial charge on any atom is -0.381 e. The first-order valence-electron chi connectivity index (χ1n) is 5.20. The van der Waals surface area contributed by atoms with Crippen molar-refractivity contribution >= 4 is 0 Å². The van der Waals surface area contributed by atoms with E-state index in [2.05, 4.69) is 33.0 Å². The predicted octanol–water partition coefficient (Wildman–Crippen LogP) is 2.29. The van der Waals surface area contributed by atoms with Gasteiger partial charge in [0, 0.05) is 19.8 Å². The van der Waals surface area contributed by atoms with Crippen LogP contribution in [0.15, 0.2) is 0 Å². The lowest BCUT2D eigenvalue weighted by atomic mass is 9.90.